The van der Waals surface area contributed by atoms with Crippen LogP contribution in [-0.2, 0) is 25.3 Å². The molecule has 0 radical (unpaired) electrons. The third kappa shape index (κ3) is 5.48. The highest BCUT2D eigenvalue weighted by Crippen LogP contribution is 2.36. The minimum absolute atomic E-state index is 0.00869. The van der Waals surface area contributed by atoms with E-state index in [1.165, 1.54) is 6.07 Å². The maximum atomic E-state index is 14.5. The number of anilines is 1. The van der Waals surface area contributed by atoms with Gasteiger partial charge in [0.2, 0.25) is 0 Å². The minimum atomic E-state index is -4.54. The van der Waals surface area contributed by atoms with E-state index in [1.807, 2.05) is 32.4 Å². The summed E-state index contributed by atoms with van der Waals surface area (Å²) in [5, 5.41) is 3.15. The Morgan fingerprint density at radius 1 is 1.06 bits per heavy atom. The molecule has 180 valence electrons. The summed E-state index contributed by atoms with van der Waals surface area (Å²) in [6, 6.07) is 5.95. The summed E-state index contributed by atoms with van der Waals surface area (Å²) < 4.78 is 53.3. The molecule has 2 N–H and O–H groups in total. The van der Waals surface area contributed by atoms with Gasteiger partial charge in [0.1, 0.15) is 10.7 Å². The van der Waals surface area contributed by atoms with Crippen LogP contribution < -0.4 is 10.0 Å². The molecule has 1 heterocycles. The number of amides is 2. The lowest BCUT2D eigenvalue weighted by atomic mass is 9.92. The second-order valence-corrected chi connectivity index (χ2v) is 10.7. The lowest BCUT2D eigenvalue weighted by Gasteiger charge is -2.23. The van der Waals surface area contributed by atoms with E-state index in [4.69, 9.17) is 21.1 Å². The van der Waals surface area contributed by atoms with Crippen LogP contribution in [0.1, 0.15) is 63.1 Å². The number of halogens is 2. The zero-order valence-electron chi connectivity index (χ0n) is 19.2. The third-order valence-electron chi connectivity index (χ3n) is 5.46. The summed E-state index contributed by atoms with van der Waals surface area (Å²) in [6.07, 6.45) is 0. The molecule has 10 heteroatoms. The highest BCUT2D eigenvalue weighted by molar-refractivity contribution is 7.90. The summed E-state index contributed by atoms with van der Waals surface area (Å²) in [5.74, 6) is -2.18. The van der Waals surface area contributed by atoms with Gasteiger partial charge < -0.3 is 14.8 Å². The van der Waals surface area contributed by atoms with Crippen LogP contribution in [0.5, 0.6) is 0 Å². The molecule has 0 bridgehead atoms. The van der Waals surface area contributed by atoms with Gasteiger partial charge in [-0.3, -0.25) is 0 Å². The fraction of sp³-hybridized carbons (Fsp3) is 0.435. The molecular weight excluding hydrogens is 471 g/mol. The number of urea groups is 1. The third-order valence-corrected chi connectivity index (χ3v) is 7.02. The van der Waals surface area contributed by atoms with Crippen molar-refractivity contribution in [3.63, 3.8) is 0 Å². The molecule has 2 aromatic rings. The standard InChI is InChI=1S/C23H28ClFN2O5S/c1-13(2)17-11-16(24)12-18(14(3)4)21(17)26-22(28)27-33(29,30)20-10-15(6-7-19(20)25)23(5)31-8-9-32-23/h6-7,10-14H,8-9H2,1-5H3,(H2,26,27,28). The zero-order valence-corrected chi connectivity index (χ0v) is 20.7. The van der Waals surface area contributed by atoms with Crippen molar-refractivity contribution < 1.29 is 27.1 Å². The first-order valence-corrected chi connectivity index (χ1v) is 12.4. The van der Waals surface area contributed by atoms with E-state index in [2.05, 4.69) is 5.32 Å². The van der Waals surface area contributed by atoms with Crippen LogP contribution >= 0.6 is 11.6 Å². The number of ether oxygens (including phenoxy) is 2. The average Bonchev–Trinajstić information content (AvgIpc) is 3.16. The molecule has 2 aromatic carbocycles. The minimum Gasteiger partial charge on any atom is -0.344 e. The largest absolute Gasteiger partial charge is 0.344 e. The molecule has 0 atom stereocenters. The van der Waals surface area contributed by atoms with E-state index in [-0.39, 0.29) is 11.8 Å². The summed E-state index contributed by atoms with van der Waals surface area (Å²) in [6.45, 7) is 10.0. The van der Waals surface area contributed by atoms with Crippen LogP contribution in [0.4, 0.5) is 14.9 Å². The van der Waals surface area contributed by atoms with Gasteiger partial charge in [-0.05, 0) is 54.2 Å². The zero-order chi connectivity index (χ0) is 24.6. The van der Waals surface area contributed by atoms with Gasteiger partial charge in [-0.1, -0.05) is 45.4 Å². The van der Waals surface area contributed by atoms with Gasteiger partial charge in [-0.15, -0.1) is 0 Å². The molecule has 0 spiro atoms. The van der Waals surface area contributed by atoms with Gasteiger partial charge >= 0.3 is 6.03 Å². The molecule has 1 aliphatic rings. The Morgan fingerprint density at radius 3 is 2.12 bits per heavy atom. The van der Waals surface area contributed by atoms with Gasteiger partial charge in [0.05, 0.1) is 13.2 Å². The van der Waals surface area contributed by atoms with E-state index in [9.17, 15) is 17.6 Å². The van der Waals surface area contributed by atoms with Crippen molar-refractivity contribution in [2.24, 2.45) is 0 Å². The highest BCUT2D eigenvalue weighted by atomic mass is 35.5. The smallest absolute Gasteiger partial charge is 0.333 e. The molecule has 2 amide bonds. The SMILES string of the molecule is CC(C)c1cc(Cl)cc(C(C)C)c1NC(=O)NS(=O)(=O)c1cc(C2(C)OCCO2)ccc1F. The van der Waals surface area contributed by atoms with Gasteiger partial charge in [-0.25, -0.2) is 22.3 Å². The fourth-order valence-corrected chi connectivity index (χ4v) is 4.94. The van der Waals surface area contributed by atoms with Crippen molar-refractivity contribution in [1.29, 1.82) is 0 Å². The van der Waals surface area contributed by atoms with Crippen molar-refractivity contribution in [1.82, 2.24) is 4.72 Å². The molecule has 0 unspecified atom stereocenters. The molecule has 33 heavy (non-hydrogen) atoms. The summed E-state index contributed by atoms with van der Waals surface area (Å²) >= 11 is 6.24. The fourth-order valence-electron chi connectivity index (χ4n) is 3.69. The molecule has 0 aromatic heterocycles. The second-order valence-electron chi connectivity index (χ2n) is 8.62. The molecule has 1 fully saturated rings. The number of benzene rings is 2. The Kier molecular flexibility index (Phi) is 7.38. The highest BCUT2D eigenvalue weighted by Gasteiger charge is 2.35. The Labute approximate surface area is 198 Å². The number of carbonyl (C=O) groups excluding carboxylic acids is 1. The summed E-state index contributed by atoms with van der Waals surface area (Å²) in [7, 11) is -4.54. The first-order chi connectivity index (χ1) is 15.3. The van der Waals surface area contributed by atoms with E-state index >= 15 is 0 Å². The van der Waals surface area contributed by atoms with Crippen LogP contribution in [0.2, 0.25) is 5.02 Å². The normalized spacial score (nSPS) is 15.8. The second kappa shape index (κ2) is 9.58. The molecular formula is C23H28ClFN2O5S. The van der Waals surface area contributed by atoms with Crippen LogP contribution in [-0.4, -0.2) is 27.7 Å². The van der Waals surface area contributed by atoms with Gasteiger partial charge in [0.15, 0.2) is 5.79 Å². The van der Waals surface area contributed by atoms with E-state index in [0.717, 1.165) is 23.3 Å². The molecule has 1 aliphatic heterocycles. The number of hydrogen-bond donors (Lipinski definition) is 2. The van der Waals surface area contributed by atoms with Crippen LogP contribution in [0.3, 0.4) is 0 Å². The van der Waals surface area contributed by atoms with Crippen LogP contribution in [0.15, 0.2) is 35.2 Å². The van der Waals surface area contributed by atoms with Gasteiger partial charge in [-0.2, -0.15) is 0 Å². The Morgan fingerprint density at radius 2 is 1.61 bits per heavy atom. The van der Waals surface area contributed by atoms with E-state index < -0.39 is 32.6 Å². The maximum absolute atomic E-state index is 14.5. The van der Waals surface area contributed by atoms with Crippen molar-refractivity contribution >= 4 is 33.3 Å². The first-order valence-electron chi connectivity index (χ1n) is 10.6. The molecule has 7 nitrogen and oxygen atoms in total. The quantitative estimate of drug-likeness (QED) is 0.552. The monoisotopic (exact) mass is 498 g/mol. The summed E-state index contributed by atoms with van der Waals surface area (Å²) in [5.41, 5.74) is 2.32. The Balaban J connectivity index is 1.92. The van der Waals surface area contributed by atoms with Gasteiger partial charge in [0.25, 0.3) is 10.0 Å². The number of sulfonamides is 1. The van der Waals surface area contributed by atoms with Crippen molar-refractivity contribution in [3.8, 4) is 0 Å². The number of carbonyl (C=O) groups is 1. The predicted molar refractivity (Wildman–Crippen MR) is 125 cm³/mol. The Bertz CT molecular complexity index is 1130. The molecule has 0 aliphatic carbocycles. The number of nitrogens with one attached hydrogen (secondary N) is 2. The number of rotatable bonds is 6. The van der Waals surface area contributed by atoms with Crippen molar-refractivity contribution in [2.75, 3.05) is 18.5 Å². The number of hydrogen-bond acceptors (Lipinski definition) is 5. The molecule has 1 saturated heterocycles. The lowest BCUT2D eigenvalue weighted by Crippen LogP contribution is -2.35. The van der Waals surface area contributed by atoms with E-state index in [0.29, 0.717) is 29.5 Å². The molecule has 3 rings (SSSR count). The maximum Gasteiger partial charge on any atom is 0.333 e. The molecule has 0 saturated carbocycles. The van der Waals surface area contributed by atoms with Gasteiger partial charge in [0, 0.05) is 16.3 Å². The van der Waals surface area contributed by atoms with E-state index in [1.54, 1.807) is 19.1 Å². The Hall–Kier alpha value is -2.20. The van der Waals surface area contributed by atoms with Crippen molar-refractivity contribution in [3.05, 3.63) is 57.9 Å². The predicted octanol–water partition coefficient (Wildman–Crippen LogP) is 5.46. The summed E-state index contributed by atoms with van der Waals surface area (Å²) in [4.78, 5) is 12.1. The lowest BCUT2D eigenvalue weighted by molar-refractivity contribution is -0.149. The van der Waals surface area contributed by atoms with Crippen LogP contribution in [0.25, 0.3) is 0 Å². The topological polar surface area (TPSA) is 93.7 Å². The van der Waals surface area contributed by atoms with Crippen molar-refractivity contribution in [2.45, 2.75) is 57.1 Å². The van der Waals surface area contributed by atoms with Crippen LogP contribution in [0, 0.1) is 5.82 Å². The average molecular weight is 499 g/mol. The first kappa shape index (κ1) is 25.4.